The van der Waals surface area contributed by atoms with E-state index in [-0.39, 0.29) is 10.8 Å². The number of thiazole rings is 1. The number of rotatable bonds is 5. The fourth-order valence-corrected chi connectivity index (χ4v) is 4.97. The maximum Gasteiger partial charge on any atom is 0.390 e. The number of carbonyl (C=O) groups is 1. The fourth-order valence-electron chi connectivity index (χ4n) is 4.19. The largest absolute Gasteiger partial charge is 0.390 e. The van der Waals surface area contributed by atoms with Crippen LogP contribution in [0.4, 0.5) is 24.7 Å². The van der Waals surface area contributed by atoms with Crippen LogP contribution in [-0.4, -0.2) is 38.6 Å². The van der Waals surface area contributed by atoms with Crippen LogP contribution in [0.3, 0.4) is 0 Å². The minimum atomic E-state index is -4.30. The Morgan fingerprint density at radius 3 is 2.91 bits per heavy atom. The number of nitrogens with zero attached hydrogens (tertiary/aromatic N) is 2. The zero-order valence-electron chi connectivity index (χ0n) is 17.2. The number of nitrogens with one attached hydrogen (secondary N) is 4. The van der Waals surface area contributed by atoms with E-state index >= 15 is 0 Å². The second-order valence-corrected chi connectivity index (χ2v) is 8.99. The van der Waals surface area contributed by atoms with E-state index in [0.29, 0.717) is 30.7 Å². The second kappa shape index (κ2) is 8.18. The Morgan fingerprint density at radius 2 is 2.09 bits per heavy atom. The number of benzene rings is 1. The van der Waals surface area contributed by atoms with E-state index in [0.717, 1.165) is 43.9 Å². The van der Waals surface area contributed by atoms with Crippen LogP contribution < -0.4 is 15.5 Å². The lowest BCUT2D eigenvalue weighted by atomic mass is 9.86. The number of hydrogen-bond donors (Lipinski definition) is 4. The van der Waals surface area contributed by atoms with Crippen molar-refractivity contribution in [1.29, 1.82) is 0 Å². The lowest BCUT2D eigenvalue weighted by molar-refractivity contribution is -0.136. The normalized spacial score (nSPS) is 16.2. The lowest BCUT2D eigenvalue weighted by Crippen LogP contribution is -2.35. The number of aromatic nitrogens is 4. The van der Waals surface area contributed by atoms with Crippen molar-refractivity contribution in [2.45, 2.75) is 31.9 Å². The van der Waals surface area contributed by atoms with Crippen molar-refractivity contribution in [3.63, 3.8) is 0 Å². The Morgan fingerprint density at radius 1 is 1.24 bits per heavy atom. The van der Waals surface area contributed by atoms with Gasteiger partial charge in [0, 0.05) is 23.8 Å². The molecule has 0 radical (unpaired) electrons. The molecule has 1 aromatic carbocycles. The van der Waals surface area contributed by atoms with Gasteiger partial charge in [-0.15, -0.1) is 0 Å². The average molecular weight is 476 g/mol. The molecule has 0 spiro atoms. The summed E-state index contributed by atoms with van der Waals surface area (Å²) in [7, 11) is 0. The lowest BCUT2D eigenvalue weighted by Gasteiger charge is -2.22. The number of H-pyrrole nitrogens is 2. The van der Waals surface area contributed by atoms with Gasteiger partial charge in [0.1, 0.15) is 17.8 Å². The van der Waals surface area contributed by atoms with E-state index in [1.807, 2.05) is 18.2 Å². The molecule has 1 aliphatic carbocycles. The first kappa shape index (κ1) is 21.4. The topological polar surface area (TPSA) is 116 Å². The van der Waals surface area contributed by atoms with Gasteiger partial charge >= 0.3 is 11.0 Å². The highest BCUT2D eigenvalue weighted by Gasteiger charge is 2.31. The third-order valence-corrected chi connectivity index (χ3v) is 6.58. The first-order valence-electron chi connectivity index (χ1n) is 10.4. The van der Waals surface area contributed by atoms with Gasteiger partial charge in [0.25, 0.3) is 0 Å². The standard InChI is InChI=1S/C21H19F3N6O2S/c22-21(23,24)5-6-25-19(31)10-1-3-13-12(7-10)16-17(26-9-27-18(16)29-13)28-11-2-4-14-15(8-11)33-20(32)30-14/h2,4,8-10H,1,3,5-7H2,(H,25,31)(H,30,32)(H2,26,27,28,29)/t10-/m0/s1. The summed E-state index contributed by atoms with van der Waals surface area (Å²) in [5.41, 5.74) is 3.96. The molecule has 0 aliphatic heterocycles. The zero-order chi connectivity index (χ0) is 23.2. The Labute approximate surface area is 188 Å². The van der Waals surface area contributed by atoms with Gasteiger partial charge in [-0.1, -0.05) is 11.3 Å². The molecule has 4 N–H and O–H groups in total. The number of hydrogen-bond acceptors (Lipinski definition) is 6. The number of aromatic amines is 2. The minimum Gasteiger partial charge on any atom is -0.356 e. The Kier molecular flexibility index (Phi) is 5.31. The van der Waals surface area contributed by atoms with Gasteiger partial charge in [0.05, 0.1) is 22.0 Å². The summed E-state index contributed by atoms with van der Waals surface area (Å²) < 4.78 is 38.0. The van der Waals surface area contributed by atoms with E-state index in [1.165, 1.54) is 6.33 Å². The quantitative estimate of drug-likeness (QED) is 0.350. The molecule has 172 valence electrons. The number of amides is 1. The third-order valence-electron chi connectivity index (χ3n) is 5.74. The highest BCUT2D eigenvalue weighted by atomic mass is 32.1. The van der Waals surface area contributed by atoms with E-state index < -0.39 is 25.1 Å². The fraction of sp³-hybridized carbons (Fsp3) is 0.333. The van der Waals surface area contributed by atoms with Crippen LogP contribution in [0.2, 0.25) is 0 Å². The zero-order valence-corrected chi connectivity index (χ0v) is 18.0. The predicted molar refractivity (Wildman–Crippen MR) is 119 cm³/mol. The van der Waals surface area contributed by atoms with E-state index in [1.54, 1.807) is 0 Å². The van der Waals surface area contributed by atoms with E-state index in [4.69, 9.17) is 0 Å². The highest BCUT2D eigenvalue weighted by molar-refractivity contribution is 7.16. The molecule has 1 atom stereocenters. The summed E-state index contributed by atoms with van der Waals surface area (Å²) in [6.07, 6.45) is -2.41. The summed E-state index contributed by atoms with van der Waals surface area (Å²) >= 11 is 1.11. The van der Waals surface area contributed by atoms with Crippen molar-refractivity contribution in [1.82, 2.24) is 25.3 Å². The molecule has 3 aromatic heterocycles. The van der Waals surface area contributed by atoms with Crippen molar-refractivity contribution < 1.29 is 18.0 Å². The Bertz CT molecular complexity index is 1410. The van der Waals surface area contributed by atoms with Crippen molar-refractivity contribution in [3.05, 3.63) is 45.5 Å². The number of aryl methyl sites for hydroxylation is 1. The molecule has 3 heterocycles. The average Bonchev–Trinajstić information content (AvgIpc) is 3.31. The number of halogens is 3. The first-order valence-corrected chi connectivity index (χ1v) is 11.2. The van der Waals surface area contributed by atoms with Crippen LogP contribution in [-0.2, 0) is 17.6 Å². The molecule has 33 heavy (non-hydrogen) atoms. The number of anilines is 2. The number of carbonyl (C=O) groups excluding carboxylic acids is 1. The molecule has 4 aromatic rings. The summed E-state index contributed by atoms with van der Waals surface area (Å²) in [5.74, 6) is -0.248. The van der Waals surface area contributed by atoms with Crippen LogP contribution >= 0.6 is 11.3 Å². The summed E-state index contributed by atoms with van der Waals surface area (Å²) in [6, 6.07) is 5.48. The smallest absolute Gasteiger partial charge is 0.356 e. The number of alkyl halides is 3. The SMILES string of the molecule is O=C(NCCC(F)(F)F)[C@H]1CCc2[nH]c3ncnc(Nc4ccc5[nH]c(=O)sc5c4)c3c2C1. The molecular weight excluding hydrogens is 457 g/mol. The van der Waals surface area contributed by atoms with Crippen molar-refractivity contribution >= 4 is 50.0 Å². The molecule has 0 bridgehead atoms. The molecule has 0 unspecified atom stereocenters. The second-order valence-electron chi connectivity index (χ2n) is 7.97. The van der Waals surface area contributed by atoms with Gasteiger partial charge in [-0.05, 0) is 43.0 Å². The Hall–Kier alpha value is -3.41. The molecule has 0 saturated heterocycles. The van der Waals surface area contributed by atoms with Gasteiger partial charge < -0.3 is 20.6 Å². The van der Waals surface area contributed by atoms with Crippen LogP contribution in [0.5, 0.6) is 0 Å². The monoisotopic (exact) mass is 476 g/mol. The summed E-state index contributed by atoms with van der Waals surface area (Å²) in [4.78, 5) is 38.7. The van der Waals surface area contributed by atoms with Crippen LogP contribution in [0.1, 0.15) is 24.1 Å². The summed E-state index contributed by atoms with van der Waals surface area (Å²) in [5, 5.41) is 6.44. The minimum absolute atomic E-state index is 0.133. The Balaban J connectivity index is 1.40. The van der Waals surface area contributed by atoms with Crippen molar-refractivity contribution in [2.24, 2.45) is 5.92 Å². The maximum atomic E-state index is 12.5. The molecule has 8 nitrogen and oxygen atoms in total. The molecule has 12 heteroatoms. The van der Waals surface area contributed by atoms with Crippen molar-refractivity contribution in [3.8, 4) is 0 Å². The number of fused-ring (bicyclic) bond motifs is 4. The van der Waals surface area contributed by atoms with Gasteiger partial charge in [0.2, 0.25) is 5.91 Å². The molecule has 1 amide bonds. The van der Waals surface area contributed by atoms with Gasteiger partial charge in [-0.25, -0.2) is 9.97 Å². The van der Waals surface area contributed by atoms with Gasteiger partial charge in [-0.2, -0.15) is 13.2 Å². The summed E-state index contributed by atoms with van der Waals surface area (Å²) in [6.45, 7) is -0.427. The van der Waals surface area contributed by atoms with E-state index in [2.05, 4.69) is 30.6 Å². The van der Waals surface area contributed by atoms with Crippen molar-refractivity contribution in [2.75, 3.05) is 11.9 Å². The van der Waals surface area contributed by atoms with Gasteiger partial charge in [-0.3, -0.25) is 9.59 Å². The third kappa shape index (κ3) is 4.42. The molecule has 5 rings (SSSR count). The maximum absolute atomic E-state index is 12.5. The molecule has 1 aliphatic rings. The predicted octanol–water partition coefficient (Wildman–Crippen LogP) is 3.78. The molecule has 0 saturated carbocycles. The van der Waals surface area contributed by atoms with Crippen LogP contribution in [0.25, 0.3) is 21.3 Å². The highest BCUT2D eigenvalue weighted by Crippen LogP contribution is 2.35. The first-order chi connectivity index (χ1) is 15.8. The molecule has 0 fully saturated rings. The molecular formula is C21H19F3N6O2S. The van der Waals surface area contributed by atoms with Crippen LogP contribution in [0.15, 0.2) is 29.3 Å². The van der Waals surface area contributed by atoms with E-state index in [9.17, 15) is 22.8 Å². The van der Waals surface area contributed by atoms with Crippen LogP contribution in [0, 0.1) is 5.92 Å². The van der Waals surface area contributed by atoms with Gasteiger partial charge in [0.15, 0.2) is 0 Å².